The SMILES string of the molecule is NCc1cccc(CNCl)c1. The van der Waals surface area contributed by atoms with Crippen molar-refractivity contribution in [3.05, 3.63) is 35.4 Å². The van der Waals surface area contributed by atoms with Crippen LogP contribution in [0.2, 0.25) is 0 Å². The molecule has 0 saturated heterocycles. The lowest BCUT2D eigenvalue weighted by Crippen LogP contribution is -2.01. The molecule has 0 aliphatic rings. The molecule has 3 heteroatoms. The molecule has 0 unspecified atom stereocenters. The first-order chi connectivity index (χ1) is 5.36. The van der Waals surface area contributed by atoms with Gasteiger partial charge in [0, 0.05) is 13.1 Å². The molecule has 0 spiro atoms. The van der Waals surface area contributed by atoms with E-state index in [2.05, 4.69) is 4.84 Å². The third-order valence-electron chi connectivity index (χ3n) is 1.50. The summed E-state index contributed by atoms with van der Waals surface area (Å²) < 4.78 is 0. The summed E-state index contributed by atoms with van der Waals surface area (Å²) in [5.74, 6) is 0. The number of hydrogen-bond acceptors (Lipinski definition) is 2. The Morgan fingerprint density at radius 3 is 2.73 bits per heavy atom. The molecular weight excluding hydrogens is 160 g/mol. The van der Waals surface area contributed by atoms with Gasteiger partial charge in [0.1, 0.15) is 0 Å². The van der Waals surface area contributed by atoms with E-state index in [9.17, 15) is 0 Å². The van der Waals surface area contributed by atoms with Gasteiger partial charge in [-0.15, -0.1) is 0 Å². The van der Waals surface area contributed by atoms with Crippen LogP contribution in [0.1, 0.15) is 11.1 Å². The van der Waals surface area contributed by atoms with Crippen LogP contribution in [0.25, 0.3) is 0 Å². The molecule has 60 valence electrons. The van der Waals surface area contributed by atoms with Crippen molar-refractivity contribution in [2.75, 3.05) is 0 Å². The number of nitrogens with one attached hydrogen (secondary N) is 1. The van der Waals surface area contributed by atoms with E-state index in [1.165, 1.54) is 0 Å². The van der Waals surface area contributed by atoms with E-state index in [-0.39, 0.29) is 0 Å². The van der Waals surface area contributed by atoms with E-state index < -0.39 is 0 Å². The smallest absolute Gasteiger partial charge is 0.0359 e. The van der Waals surface area contributed by atoms with Gasteiger partial charge in [0.25, 0.3) is 0 Å². The Kier molecular flexibility index (Phi) is 3.36. The van der Waals surface area contributed by atoms with Gasteiger partial charge in [-0.05, 0) is 22.9 Å². The molecule has 0 saturated carbocycles. The molecule has 0 bridgehead atoms. The molecule has 0 radical (unpaired) electrons. The Balaban J connectivity index is 2.74. The summed E-state index contributed by atoms with van der Waals surface area (Å²) in [6.45, 7) is 1.26. The van der Waals surface area contributed by atoms with E-state index in [1.807, 2.05) is 24.3 Å². The zero-order chi connectivity index (χ0) is 8.10. The van der Waals surface area contributed by atoms with E-state index in [4.69, 9.17) is 17.5 Å². The van der Waals surface area contributed by atoms with Crippen molar-refractivity contribution in [3.63, 3.8) is 0 Å². The number of rotatable bonds is 3. The summed E-state index contributed by atoms with van der Waals surface area (Å²) in [6.07, 6.45) is 0. The lowest BCUT2D eigenvalue weighted by atomic mass is 10.1. The average Bonchev–Trinajstić information content (AvgIpc) is 2.06. The average molecular weight is 171 g/mol. The van der Waals surface area contributed by atoms with Gasteiger partial charge in [0.15, 0.2) is 0 Å². The second-order valence-corrected chi connectivity index (χ2v) is 2.60. The molecule has 0 fully saturated rings. The predicted molar refractivity (Wildman–Crippen MR) is 47.0 cm³/mol. The molecule has 2 nitrogen and oxygen atoms in total. The summed E-state index contributed by atoms with van der Waals surface area (Å²) in [6, 6.07) is 8.02. The Morgan fingerprint density at radius 1 is 1.36 bits per heavy atom. The van der Waals surface area contributed by atoms with Gasteiger partial charge < -0.3 is 5.73 Å². The Bertz CT molecular complexity index is 225. The summed E-state index contributed by atoms with van der Waals surface area (Å²) in [5.41, 5.74) is 7.75. The molecule has 3 N–H and O–H groups in total. The highest BCUT2D eigenvalue weighted by atomic mass is 35.5. The molecular formula is C8H11ClN2. The Morgan fingerprint density at radius 2 is 2.09 bits per heavy atom. The van der Waals surface area contributed by atoms with E-state index in [0.717, 1.165) is 11.1 Å². The molecule has 0 aromatic heterocycles. The fraction of sp³-hybridized carbons (Fsp3) is 0.250. The monoisotopic (exact) mass is 170 g/mol. The van der Waals surface area contributed by atoms with Crippen molar-refractivity contribution >= 4 is 11.8 Å². The minimum atomic E-state index is 0.579. The topological polar surface area (TPSA) is 38.0 Å². The van der Waals surface area contributed by atoms with Crippen LogP contribution in [-0.4, -0.2) is 0 Å². The Labute approximate surface area is 71.5 Å². The van der Waals surface area contributed by atoms with Crippen molar-refractivity contribution in [1.82, 2.24) is 4.84 Å². The van der Waals surface area contributed by atoms with Crippen molar-refractivity contribution in [2.24, 2.45) is 5.73 Å². The zero-order valence-corrected chi connectivity index (χ0v) is 6.93. The maximum absolute atomic E-state index is 5.46. The summed E-state index contributed by atoms with van der Waals surface area (Å²) >= 11 is 5.35. The number of hydrogen-bond donors (Lipinski definition) is 2. The number of benzene rings is 1. The van der Waals surface area contributed by atoms with Crippen LogP contribution in [-0.2, 0) is 13.1 Å². The molecule has 11 heavy (non-hydrogen) atoms. The van der Waals surface area contributed by atoms with Crippen LogP contribution in [0, 0.1) is 0 Å². The lowest BCUT2D eigenvalue weighted by molar-refractivity contribution is 0.952. The third kappa shape index (κ3) is 2.50. The van der Waals surface area contributed by atoms with Crippen LogP contribution in [0.4, 0.5) is 0 Å². The van der Waals surface area contributed by atoms with Crippen molar-refractivity contribution in [1.29, 1.82) is 0 Å². The highest BCUT2D eigenvalue weighted by molar-refractivity contribution is 6.13. The molecule has 1 aromatic carbocycles. The largest absolute Gasteiger partial charge is 0.326 e. The van der Waals surface area contributed by atoms with Crippen LogP contribution in [0.5, 0.6) is 0 Å². The van der Waals surface area contributed by atoms with E-state index in [1.54, 1.807) is 0 Å². The van der Waals surface area contributed by atoms with Crippen LogP contribution >= 0.6 is 11.8 Å². The third-order valence-corrected chi connectivity index (χ3v) is 1.63. The van der Waals surface area contributed by atoms with Crippen LogP contribution in [0.15, 0.2) is 24.3 Å². The van der Waals surface area contributed by atoms with Crippen molar-refractivity contribution in [3.8, 4) is 0 Å². The van der Waals surface area contributed by atoms with Crippen molar-refractivity contribution < 1.29 is 0 Å². The van der Waals surface area contributed by atoms with Crippen LogP contribution in [0.3, 0.4) is 0 Å². The quantitative estimate of drug-likeness (QED) is 0.673. The highest BCUT2D eigenvalue weighted by Crippen LogP contribution is 2.03. The summed E-state index contributed by atoms with van der Waals surface area (Å²) in [7, 11) is 0. The molecule has 0 aliphatic carbocycles. The van der Waals surface area contributed by atoms with E-state index >= 15 is 0 Å². The predicted octanol–water partition coefficient (Wildman–Crippen LogP) is 1.39. The first-order valence-electron chi connectivity index (χ1n) is 3.48. The normalized spacial score (nSPS) is 10.0. The van der Waals surface area contributed by atoms with Gasteiger partial charge >= 0.3 is 0 Å². The standard InChI is InChI=1S/C8H11ClN2/c9-11-6-8-3-1-2-7(4-8)5-10/h1-4,11H,5-6,10H2. The minimum Gasteiger partial charge on any atom is -0.326 e. The lowest BCUT2D eigenvalue weighted by Gasteiger charge is -2.00. The fourth-order valence-electron chi connectivity index (χ4n) is 0.944. The van der Waals surface area contributed by atoms with Gasteiger partial charge in [-0.2, -0.15) is 0 Å². The number of nitrogens with two attached hydrogens (primary N) is 1. The molecule has 1 aromatic rings. The Hall–Kier alpha value is -0.570. The zero-order valence-electron chi connectivity index (χ0n) is 6.18. The van der Waals surface area contributed by atoms with Gasteiger partial charge in [0.05, 0.1) is 0 Å². The first-order valence-corrected chi connectivity index (χ1v) is 3.86. The van der Waals surface area contributed by atoms with Crippen LogP contribution < -0.4 is 10.6 Å². The molecule has 1 rings (SSSR count). The highest BCUT2D eigenvalue weighted by Gasteiger charge is 1.92. The van der Waals surface area contributed by atoms with Gasteiger partial charge in [0.2, 0.25) is 0 Å². The van der Waals surface area contributed by atoms with Gasteiger partial charge in [-0.3, -0.25) is 0 Å². The summed E-state index contributed by atoms with van der Waals surface area (Å²) in [5, 5.41) is 0. The second-order valence-electron chi connectivity index (χ2n) is 2.33. The van der Waals surface area contributed by atoms with E-state index in [0.29, 0.717) is 13.1 Å². The molecule has 0 atom stereocenters. The first kappa shape index (κ1) is 8.53. The molecule has 0 amide bonds. The second kappa shape index (κ2) is 4.34. The summed E-state index contributed by atoms with van der Waals surface area (Å²) in [4.78, 5) is 2.57. The number of halogens is 1. The molecule has 0 heterocycles. The maximum Gasteiger partial charge on any atom is 0.0359 e. The van der Waals surface area contributed by atoms with Gasteiger partial charge in [-0.1, -0.05) is 24.3 Å². The van der Waals surface area contributed by atoms with Gasteiger partial charge in [-0.25, -0.2) is 4.84 Å². The van der Waals surface area contributed by atoms with Crippen molar-refractivity contribution in [2.45, 2.75) is 13.1 Å². The fourth-order valence-corrected chi connectivity index (χ4v) is 1.10. The minimum absolute atomic E-state index is 0.579. The molecule has 0 aliphatic heterocycles. The maximum atomic E-state index is 5.46.